The van der Waals surface area contributed by atoms with Gasteiger partial charge in [-0.3, -0.25) is 0 Å². The molecule has 0 radical (unpaired) electrons. The third-order valence-corrected chi connectivity index (χ3v) is 3.72. The van der Waals surface area contributed by atoms with E-state index in [1.807, 2.05) is 12.3 Å². The molecule has 0 spiro atoms. The molecule has 4 heteroatoms. The number of anilines is 2. The summed E-state index contributed by atoms with van der Waals surface area (Å²) in [7, 11) is 0. The van der Waals surface area contributed by atoms with Gasteiger partial charge in [-0.1, -0.05) is 24.3 Å². The highest BCUT2D eigenvalue weighted by Gasteiger charge is 2.15. The first-order chi connectivity index (χ1) is 9.86. The van der Waals surface area contributed by atoms with Crippen LogP contribution in [0.1, 0.15) is 18.1 Å². The maximum absolute atomic E-state index is 4.59. The Hall–Kier alpha value is -2.10. The molecule has 0 bridgehead atoms. The van der Waals surface area contributed by atoms with Crippen molar-refractivity contribution in [2.45, 2.75) is 19.8 Å². The lowest BCUT2D eigenvalue weighted by Gasteiger charge is -2.21. The van der Waals surface area contributed by atoms with Crippen LogP contribution in [0.15, 0.2) is 36.5 Å². The molecule has 0 atom stereocenters. The molecule has 3 rings (SSSR count). The topological polar surface area (TPSA) is 41.1 Å². The fourth-order valence-electron chi connectivity index (χ4n) is 2.67. The van der Waals surface area contributed by atoms with Crippen LogP contribution in [0.5, 0.6) is 0 Å². The van der Waals surface area contributed by atoms with E-state index in [2.05, 4.69) is 51.4 Å². The Morgan fingerprint density at radius 2 is 1.80 bits per heavy atom. The second-order valence-electron chi connectivity index (χ2n) is 5.02. The van der Waals surface area contributed by atoms with E-state index >= 15 is 0 Å². The molecule has 1 aromatic heterocycles. The highest BCUT2D eigenvalue weighted by Crippen LogP contribution is 2.19. The predicted molar refractivity (Wildman–Crippen MR) is 82.3 cm³/mol. The van der Waals surface area contributed by atoms with Crippen molar-refractivity contribution < 1.29 is 0 Å². The van der Waals surface area contributed by atoms with E-state index in [0.29, 0.717) is 5.95 Å². The molecule has 104 valence electrons. The summed E-state index contributed by atoms with van der Waals surface area (Å²) in [6, 6.07) is 10.7. The predicted octanol–water partition coefficient (Wildman–Crippen LogP) is 2.51. The van der Waals surface area contributed by atoms with E-state index in [-0.39, 0.29) is 0 Å². The van der Waals surface area contributed by atoms with Gasteiger partial charge in [0.05, 0.1) is 0 Å². The zero-order valence-corrected chi connectivity index (χ0v) is 11.8. The van der Waals surface area contributed by atoms with Crippen molar-refractivity contribution in [1.29, 1.82) is 0 Å². The molecule has 1 aliphatic heterocycles. The maximum atomic E-state index is 4.59. The quantitative estimate of drug-likeness (QED) is 0.928. The Kier molecular flexibility index (Phi) is 3.81. The summed E-state index contributed by atoms with van der Waals surface area (Å²) in [6.45, 7) is 4.92. The molecule has 20 heavy (non-hydrogen) atoms. The fourth-order valence-corrected chi connectivity index (χ4v) is 2.67. The summed E-state index contributed by atoms with van der Waals surface area (Å²) in [4.78, 5) is 11.2. The second-order valence-corrected chi connectivity index (χ2v) is 5.02. The van der Waals surface area contributed by atoms with Gasteiger partial charge in [-0.15, -0.1) is 0 Å². The van der Waals surface area contributed by atoms with Crippen molar-refractivity contribution in [2.24, 2.45) is 0 Å². The summed E-state index contributed by atoms with van der Waals surface area (Å²) in [5.74, 6) is 1.73. The molecule has 2 aromatic rings. The van der Waals surface area contributed by atoms with Gasteiger partial charge >= 0.3 is 0 Å². The van der Waals surface area contributed by atoms with Gasteiger partial charge in [-0.25, -0.2) is 4.98 Å². The lowest BCUT2D eigenvalue weighted by atomic mass is 10.0. The Morgan fingerprint density at radius 1 is 1.10 bits per heavy atom. The van der Waals surface area contributed by atoms with E-state index < -0.39 is 0 Å². The molecule has 1 aromatic carbocycles. The van der Waals surface area contributed by atoms with Gasteiger partial charge in [0.15, 0.2) is 0 Å². The molecule has 0 fully saturated rings. The van der Waals surface area contributed by atoms with E-state index in [1.54, 1.807) is 0 Å². The van der Waals surface area contributed by atoms with Crippen molar-refractivity contribution in [1.82, 2.24) is 9.97 Å². The minimum absolute atomic E-state index is 0.715. The average molecular weight is 268 g/mol. The SMILES string of the molecule is CCNc1nccc(N2CCc3ccccc3CC2)n1. The van der Waals surface area contributed by atoms with Crippen LogP contribution >= 0.6 is 0 Å². The van der Waals surface area contributed by atoms with Gasteiger partial charge < -0.3 is 10.2 Å². The van der Waals surface area contributed by atoms with Crippen LogP contribution in [0, 0.1) is 0 Å². The number of benzene rings is 1. The normalized spacial score (nSPS) is 14.6. The van der Waals surface area contributed by atoms with Crippen molar-refractivity contribution in [3.63, 3.8) is 0 Å². The summed E-state index contributed by atoms with van der Waals surface area (Å²) in [6.07, 6.45) is 3.99. The van der Waals surface area contributed by atoms with Crippen molar-refractivity contribution in [2.75, 3.05) is 29.9 Å². The number of nitrogens with zero attached hydrogens (tertiary/aromatic N) is 3. The number of hydrogen-bond donors (Lipinski definition) is 1. The molecule has 0 saturated heterocycles. The van der Waals surface area contributed by atoms with E-state index in [1.165, 1.54) is 11.1 Å². The molecule has 1 N–H and O–H groups in total. The first kappa shape index (κ1) is 12.9. The van der Waals surface area contributed by atoms with Gasteiger partial charge in [-0.2, -0.15) is 4.98 Å². The molecule has 2 heterocycles. The molecule has 0 unspecified atom stereocenters. The van der Waals surface area contributed by atoms with Crippen LogP contribution in [-0.4, -0.2) is 29.6 Å². The van der Waals surface area contributed by atoms with Gasteiger partial charge in [0.1, 0.15) is 5.82 Å². The summed E-state index contributed by atoms with van der Waals surface area (Å²) in [5, 5.41) is 3.17. The first-order valence-corrected chi connectivity index (χ1v) is 7.25. The van der Waals surface area contributed by atoms with Crippen LogP contribution in [0.25, 0.3) is 0 Å². The standard InChI is InChI=1S/C16H20N4/c1-2-17-16-18-10-7-15(19-16)20-11-8-13-5-3-4-6-14(13)9-12-20/h3-7,10H,2,8-9,11-12H2,1H3,(H,17,18,19). The maximum Gasteiger partial charge on any atom is 0.224 e. The van der Waals surface area contributed by atoms with E-state index in [4.69, 9.17) is 0 Å². The smallest absolute Gasteiger partial charge is 0.224 e. The zero-order chi connectivity index (χ0) is 13.8. The Labute approximate surface area is 119 Å². The summed E-state index contributed by atoms with van der Waals surface area (Å²) in [5.41, 5.74) is 2.94. The summed E-state index contributed by atoms with van der Waals surface area (Å²) >= 11 is 0. The average Bonchev–Trinajstić information content (AvgIpc) is 2.70. The zero-order valence-electron chi connectivity index (χ0n) is 11.8. The van der Waals surface area contributed by atoms with Gasteiger partial charge in [0, 0.05) is 25.8 Å². The third-order valence-electron chi connectivity index (χ3n) is 3.72. The number of aromatic nitrogens is 2. The highest BCUT2D eigenvalue weighted by atomic mass is 15.2. The monoisotopic (exact) mass is 268 g/mol. The molecule has 0 aliphatic carbocycles. The fraction of sp³-hybridized carbons (Fsp3) is 0.375. The third kappa shape index (κ3) is 2.74. The van der Waals surface area contributed by atoms with E-state index in [9.17, 15) is 0 Å². The van der Waals surface area contributed by atoms with Gasteiger partial charge in [0.2, 0.25) is 5.95 Å². The largest absolute Gasteiger partial charge is 0.356 e. The minimum Gasteiger partial charge on any atom is -0.356 e. The lowest BCUT2D eigenvalue weighted by molar-refractivity contribution is 0.788. The van der Waals surface area contributed by atoms with Crippen LogP contribution in [0.4, 0.5) is 11.8 Å². The summed E-state index contributed by atoms with van der Waals surface area (Å²) < 4.78 is 0. The molecular weight excluding hydrogens is 248 g/mol. The van der Waals surface area contributed by atoms with Crippen LogP contribution in [0.2, 0.25) is 0 Å². The van der Waals surface area contributed by atoms with E-state index in [0.717, 1.165) is 38.3 Å². The Bertz CT molecular complexity index is 555. The lowest BCUT2D eigenvalue weighted by Crippen LogP contribution is -2.27. The molecule has 0 saturated carbocycles. The highest BCUT2D eigenvalue weighted by molar-refractivity contribution is 5.44. The van der Waals surface area contributed by atoms with Crippen molar-refractivity contribution in [3.05, 3.63) is 47.7 Å². The van der Waals surface area contributed by atoms with Crippen LogP contribution in [-0.2, 0) is 12.8 Å². The number of nitrogens with one attached hydrogen (secondary N) is 1. The van der Waals surface area contributed by atoms with Gasteiger partial charge in [-0.05, 0) is 37.0 Å². The Morgan fingerprint density at radius 3 is 2.45 bits per heavy atom. The van der Waals surface area contributed by atoms with Gasteiger partial charge in [0.25, 0.3) is 0 Å². The Balaban J connectivity index is 1.78. The first-order valence-electron chi connectivity index (χ1n) is 7.25. The number of rotatable bonds is 3. The van der Waals surface area contributed by atoms with Crippen molar-refractivity contribution in [3.8, 4) is 0 Å². The molecule has 4 nitrogen and oxygen atoms in total. The second kappa shape index (κ2) is 5.90. The number of hydrogen-bond acceptors (Lipinski definition) is 4. The number of fused-ring (bicyclic) bond motifs is 1. The minimum atomic E-state index is 0.715. The van der Waals surface area contributed by atoms with Crippen LogP contribution < -0.4 is 10.2 Å². The van der Waals surface area contributed by atoms with Crippen molar-refractivity contribution >= 4 is 11.8 Å². The van der Waals surface area contributed by atoms with Crippen LogP contribution in [0.3, 0.4) is 0 Å². The molecule has 1 aliphatic rings. The molecular formula is C16H20N4. The molecule has 0 amide bonds.